The largest absolute Gasteiger partial charge is 0.468 e. The normalized spacial score (nSPS) is 12.8. The number of hydrogen-bond acceptors (Lipinski definition) is 3. The molecule has 3 nitrogen and oxygen atoms in total. The summed E-state index contributed by atoms with van der Waals surface area (Å²) < 4.78 is 5.41. The molecule has 0 bridgehead atoms. The summed E-state index contributed by atoms with van der Waals surface area (Å²) in [7, 11) is 0. The molecule has 0 aliphatic rings. The Kier molecular flexibility index (Phi) is 4.05. The zero-order valence-electron chi connectivity index (χ0n) is 11.0. The molecule has 0 aliphatic carbocycles. The predicted molar refractivity (Wildman–Crippen MR) is 74.1 cm³/mol. The first-order valence-corrected chi connectivity index (χ1v) is 6.32. The molecule has 2 N–H and O–H groups in total. The predicted octanol–water partition coefficient (Wildman–Crippen LogP) is 3.44. The second-order valence-corrected chi connectivity index (χ2v) is 4.49. The van der Waals surface area contributed by atoms with Crippen molar-refractivity contribution < 1.29 is 4.42 Å². The number of nitrogen functional groups attached to an aromatic ring is 1. The Bertz CT molecular complexity index is 479. The molecule has 1 aromatic carbocycles. The van der Waals surface area contributed by atoms with Crippen LogP contribution >= 0.6 is 0 Å². The molecule has 0 fully saturated rings. The van der Waals surface area contributed by atoms with Gasteiger partial charge in [0.2, 0.25) is 0 Å². The zero-order valence-corrected chi connectivity index (χ0v) is 11.0. The molecule has 0 saturated carbocycles. The summed E-state index contributed by atoms with van der Waals surface area (Å²) in [5.74, 6) is 0.993. The van der Waals surface area contributed by atoms with E-state index in [-0.39, 0.29) is 0 Å². The topological polar surface area (TPSA) is 42.4 Å². The van der Waals surface area contributed by atoms with Gasteiger partial charge in [-0.15, -0.1) is 0 Å². The first-order valence-electron chi connectivity index (χ1n) is 6.32. The number of anilines is 1. The van der Waals surface area contributed by atoms with Crippen LogP contribution in [0, 0.1) is 0 Å². The minimum Gasteiger partial charge on any atom is -0.468 e. The highest BCUT2D eigenvalue weighted by atomic mass is 16.3. The van der Waals surface area contributed by atoms with E-state index in [1.54, 1.807) is 6.26 Å². The van der Waals surface area contributed by atoms with E-state index in [9.17, 15) is 0 Å². The fourth-order valence-corrected chi connectivity index (χ4v) is 2.15. The molecule has 3 heteroatoms. The summed E-state index contributed by atoms with van der Waals surface area (Å²) in [5, 5.41) is 0. The van der Waals surface area contributed by atoms with Crippen LogP contribution in [0.3, 0.4) is 0 Å². The SMILES string of the molecule is CCN(Cc1ccco1)C(C)c1cccc(N)c1. The summed E-state index contributed by atoms with van der Waals surface area (Å²) in [4.78, 5) is 2.35. The van der Waals surface area contributed by atoms with Crippen LogP contribution in [0.2, 0.25) is 0 Å². The summed E-state index contributed by atoms with van der Waals surface area (Å²) in [6.45, 7) is 6.14. The molecule has 18 heavy (non-hydrogen) atoms. The summed E-state index contributed by atoms with van der Waals surface area (Å²) >= 11 is 0. The average Bonchev–Trinajstić information content (AvgIpc) is 2.88. The smallest absolute Gasteiger partial charge is 0.117 e. The van der Waals surface area contributed by atoms with Gasteiger partial charge in [0.05, 0.1) is 12.8 Å². The lowest BCUT2D eigenvalue weighted by Crippen LogP contribution is -2.26. The lowest BCUT2D eigenvalue weighted by molar-refractivity contribution is 0.196. The molecular weight excluding hydrogens is 224 g/mol. The van der Waals surface area contributed by atoms with Gasteiger partial charge in [-0.2, -0.15) is 0 Å². The molecule has 0 spiro atoms. The second-order valence-electron chi connectivity index (χ2n) is 4.49. The maximum Gasteiger partial charge on any atom is 0.117 e. The highest BCUT2D eigenvalue weighted by Crippen LogP contribution is 2.23. The quantitative estimate of drug-likeness (QED) is 0.819. The molecule has 1 unspecified atom stereocenters. The van der Waals surface area contributed by atoms with E-state index in [0.717, 1.165) is 24.5 Å². The van der Waals surface area contributed by atoms with Crippen LogP contribution in [0.1, 0.15) is 31.2 Å². The average molecular weight is 244 g/mol. The fraction of sp³-hybridized carbons (Fsp3) is 0.333. The van der Waals surface area contributed by atoms with Crippen molar-refractivity contribution >= 4 is 5.69 Å². The van der Waals surface area contributed by atoms with E-state index in [4.69, 9.17) is 10.2 Å². The van der Waals surface area contributed by atoms with Crippen molar-refractivity contribution in [1.29, 1.82) is 0 Å². The number of hydrogen-bond donors (Lipinski definition) is 1. The lowest BCUT2D eigenvalue weighted by atomic mass is 10.1. The molecule has 1 aromatic heterocycles. The van der Waals surface area contributed by atoms with Gasteiger partial charge in [0.25, 0.3) is 0 Å². The standard InChI is InChI=1S/C15H20N2O/c1-3-17(11-15-8-5-9-18-15)12(2)13-6-4-7-14(16)10-13/h4-10,12H,3,11,16H2,1-2H3. The van der Waals surface area contributed by atoms with Crippen molar-refractivity contribution in [2.24, 2.45) is 0 Å². The maximum atomic E-state index is 5.84. The van der Waals surface area contributed by atoms with Gasteiger partial charge in [-0.25, -0.2) is 0 Å². The van der Waals surface area contributed by atoms with Crippen LogP contribution in [0.25, 0.3) is 0 Å². The van der Waals surface area contributed by atoms with Crippen molar-refractivity contribution in [3.05, 3.63) is 54.0 Å². The maximum absolute atomic E-state index is 5.84. The molecule has 2 aromatic rings. The third kappa shape index (κ3) is 2.93. The van der Waals surface area contributed by atoms with E-state index in [1.165, 1.54) is 5.56 Å². The van der Waals surface area contributed by atoms with Gasteiger partial charge < -0.3 is 10.2 Å². The van der Waals surface area contributed by atoms with Crippen molar-refractivity contribution in [3.63, 3.8) is 0 Å². The van der Waals surface area contributed by atoms with Crippen LogP contribution < -0.4 is 5.73 Å². The lowest BCUT2D eigenvalue weighted by Gasteiger charge is -2.27. The van der Waals surface area contributed by atoms with Crippen LogP contribution in [-0.2, 0) is 6.54 Å². The van der Waals surface area contributed by atoms with Gasteiger partial charge in [-0.05, 0) is 43.3 Å². The Morgan fingerprint density at radius 1 is 1.28 bits per heavy atom. The first-order chi connectivity index (χ1) is 8.70. The van der Waals surface area contributed by atoms with E-state index >= 15 is 0 Å². The van der Waals surface area contributed by atoms with Crippen LogP contribution in [0.15, 0.2) is 47.1 Å². The summed E-state index contributed by atoms with van der Waals surface area (Å²) in [6, 6.07) is 12.3. The van der Waals surface area contributed by atoms with Crippen LogP contribution in [0.4, 0.5) is 5.69 Å². The Morgan fingerprint density at radius 2 is 2.11 bits per heavy atom. The molecule has 0 radical (unpaired) electrons. The molecule has 0 amide bonds. The van der Waals surface area contributed by atoms with Crippen molar-refractivity contribution in [2.75, 3.05) is 12.3 Å². The molecule has 1 heterocycles. The van der Waals surface area contributed by atoms with Crippen molar-refractivity contribution in [1.82, 2.24) is 4.90 Å². The minimum absolute atomic E-state index is 0.323. The van der Waals surface area contributed by atoms with Crippen molar-refractivity contribution in [2.45, 2.75) is 26.4 Å². The monoisotopic (exact) mass is 244 g/mol. The number of benzene rings is 1. The fourth-order valence-electron chi connectivity index (χ4n) is 2.15. The zero-order chi connectivity index (χ0) is 13.0. The van der Waals surface area contributed by atoms with E-state index in [2.05, 4.69) is 24.8 Å². The molecule has 1 atom stereocenters. The minimum atomic E-state index is 0.323. The molecule has 2 rings (SSSR count). The molecule has 96 valence electrons. The van der Waals surface area contributed by atoms with Gasteiger partial charge in [0.15, 0.2) is 0 Å². The second kappa shape index (κ2) is 5.74. The van der Waals surface area contributed by atoms with E-state index in [1.807, 2.05) is 30.3 Å². The highest BCUT2D eigenvalue weighted by Gasteiger charge is 2.15. The third-order valence-corrected chi connectivity index (χ3v) is 3.29. The third-order valence-electron chi connectivity index (χ3n) is 3.29. The summed E-state index contributed by atoms with van der Waals surface area (Å²) in [6.07, 6.45) is 1.72. The van der Waals surface area contributed by atoms with Crippen LogP contribution in [0.5, 0.6) is 0 Å². The highest BCUT2D eigenvalue weighted by molar-refractivity contribution is 5.41. The van der Waals surface area contributed by atoms with Gasteiger partial charge in [-0.1, -0.05) is 19.1 Å². The molecule has 0 saturated heterocycles. The van der Waals surface area contributed by atoms with Gasteiger partial charge in [0, 0.05) is 11.7 Å². The Balaban J connectivity index is 2.12. The Hall–Kier alpha value is -1.74. The number of nitrogens with zero attached hydrogens (tertiary/aromatic N) is 1. The van der Waals surface area contributed by atoms with E-state index in [0.29, 0.717) is 6.04 Å². The molecular formula is C15H20N2O. The first kappa shape index (κ1) is 12.7. The number of furan rings is 1. The van der Waals surface area contributed by atoms with Gasteiger partial charge in [-0.3, -0.25) is 4.90 Å². The Labute approximate surface area is 108 Å². The van der Waals surface area contributed by atoms with Gasteiger partial charge >= 0.3 is 0 Å². The van der Waals surface area contributed by atoms with Gasteiger partial charge in [0.1, 0.15) is 5.76 Å². The number of rotatable bonds is 5. The van der Waals surface area contributed by atoms with Crippen LogP contribution in [-0.4, -0.2) is 11.4 Å². The number of nitrogens with two attached hydrogens (primary N) is 1. The van der Waals surface area contributed by atoms with E-state index < -0.39 is 0 Å². The Morgan fingerprint density at radius 3 is 2.72 bits per heavy atom. The summed E-state index contributed by atoms with van der Waals surface area (Å²) in [5.41, 5.74) is 7.89. The van der Waals surface area contributed by atoms with Crippen molar-refractivity contribution in [3.8, 4) is 0 Å². The molecule has 0 aliphatic heterocycles.